The average Bonchev–Trinajstić information content (AvgIpc) is 3.37. The van der Waals surface area contributed by atoms with Crippen LogP contribution < -0.4 is 10.2 Å². The molecule has 0 saturated heterocycles. The molecule has 1 aliphatic rings. The molecular weight excluding hydrogens is 408 g/mol. The Morgan fingerprint density at radius 2 is 1.74 bits per heavy atom. The highest BCUT2D eigenvalue weighted by Crippen LogP contribution is 2.33. The van der Waals surface area contributed by atoms with Crippen LogP contribution in [0.1, 0.15) is 59.6 Å². The molecule has 1 aromatic heterocycles. The number of benzene rings is 2. The Morgan fingerprint density at radius 1 is 1.00 bits per heavy atom. The average molecular weight is 435 g/mol. The molecule has 0 radical (unpaired) electrons. The first kappa shape index (κ1) is 21.2. The van der Waals surface area contributed by atoms with E-state index >= 15 is 0 Å². The molecule has 31 heavy (non-hydrogen) atoms. The molecule has 1 aliphatic carbocycles. The van der Waals surface area contributed by atoms with Crippen molar-refractivity contribution in [3.63, 3.8) is 0 Å². The zero-order valence-corrected chi connectivity index (χ0v) is 18.2. The minimum absolute atomic E-state index is 0.0774. The molecule has 1 N–H and O–H groups in total. The van der Waals surface area contributed by atoms with E-state index in [0.29, 0.717) is 18.2 Å². The number of rotatable bonds is 7. The first-order valence-corrected chi connectivity index (χ1v) is 11.5. The summed E-state index contributed by atoms with van der Waals surface area (Å²) in [5.41, 5.74) is 3.25. The first-order valence-electron chi connectivity index (χ1n) is 10.7. The largest absolute Gasteiger partial charge is 0.350 e. The van der Waals surface area contributed by atoms with Crippen molar-refractivity contribution in [2.24, 2.45) is 0 Å². The van der Waals surface area contributed by atoms with E-state index in [9.17, 15) is 9.59 Å². The predicted octanol–water partition coefficient (Wildman–Crippen LogP) is 4.55. The number of aromatic nitrogens is 2. The SMILES string of the molecule is O=C(CN(C(=O)c1csnn1)c1ccc(C2CCCCC2)cc1)NCc1ccccc1. The summed E-state index contributed by atoms with van der Waals surface area (Å²) in [6.07, 6.45) is 6.30. The lowest BCUT2D eigenvalue weighted by Crippen LogP contribution is -2.41. The molecule has 0 bridgehead atoms. The van der Waals surface area contributed by atoms with Crippen molar-refractivity contribution in [3.8, 4) is 0 Å². The molecule has 0 aliphatic heterocycles. The van der Waals surface area contributed by atoms with Crippen molar-refractivity contribution in [1.82, 2.24) is 14.9 Å². The molecule has 2 amide bonds. The van der Waals surface area contributed by atoms with E-state index in [1.54, 1.807) is 5.38 Å². The summed E-state index contributed by atoms with van der Waals surface area (Å²) in [4.78, 5) is 27.2. The highest BCUT2D eigenvalue weighted by Gasteiger charge is 2.23. The summed E-state index contributed by atoms with van der Waals surface area (Å²) in [5, 5.41) is 8.40. The minimum atomic E-state index is -0.325. The molecule has 3 aromatic rings. The van der Waals surface area contributed by atoms with E-state index in [-0.39, 0.29) is 24.1 Å². The Labute approximate surface area is 186 Å². The molecular formula is C24H26N4O2S. The number of nitrogens with zero attached hydrogens (tertiary/aromatic N) is 3. The Morgan fingerprint density at radius 3 is 2.42 bits per heavy atom. The van der Waals surface area contributed by atoms with Crippen LogP contribution in [0.4, 0.5) is 5.69 Å². The number of carbonyl (C=O) groups is 2. The Bertz CT molecular complexity index is 984. The molecule has 1 heterocycles. The van der Waals surface area contributed by atoms with E-state index in [0.717, 1.165) is 17.1 Å². The van der Waals surface area contributed by atoms with Crippen LogP contribution in [0.25, 0.3) is 0 Å². The van der Waals surface area contributed by atoms with Gasteiger partial charge in [-0.2, -0.15) is 0 Å². The number of anilines is 1. The van der Waals surface area contributed by atoms with Gasteiger partial charge in [-0.3, -0.25) is 14.5 Å². The molecule has 0 atom stereocenters. The lowest BCUT2D eigenvalue weighted by molar-refractivity contribution is -0.119. The van der Waals surface area contributed by atoms with Gasteiger partial charge >= 0.3 is 0 Å². The fourth-order valence-electron chi connectivity index (χ4n) is 4.03. The Hall–Kier alpha value is -3.06. The fraction of sp³-hybridized carbons (Fsp3) is 0.333. The summed E-state index contributed by atoms with van der Waals surface area (Å²) in [6, 6.07) is 17.8. The van der Waals surface area contributed by atoms with E-state index < -0.39 is 0 Å². The zero-order valence-electron chi connectivity index (χ0n) is 17.4. The maximum atomic E-state index is 13.1. The maximum Gasteiger partial charge on any atom is 0.280 e. The van der Waals surface area contributed by atoms with E-state index in [1.807, 2.05) is 42.5 Å². The van der Waals surface area contributed by atoms with Crippen LogP contribution in [-0.2, 0) is 11.3 Å². The third-order valence-electron chi connectivity index (χ3n) is 5.74. The van der Waals surface area contributed by atoms with Gasteiger partial charge in [-0.1, -0.05) is 66.2 Å². The molecule has 1 fully saturated rings. The van der Waals surface area contributed by atoms with Crippen LogP contribution in [0.2, 0.25) is 0 Å². The summed E-state index contributed by atoms with van der Waals surface area (Å²) in [6.45, 7) is 0.340. The third-order valence-corrected chi connectivity index (χ3v) is 6.24. The maximum absolute atomic E-state index is 13.1. The van der Waals surface area contributed by atoms with Gasteiger partial charge in [0.05, 0.1) is 0 Å². The van der Waals surface area contributed by atoms with Crippen molar-refractivity contribution < 1.29 is 9.59 Å². The second-order valence-corrected chi connectivity index (χ2v) is 8.48. The molecule has 1 saturated carbocycles. The van der Waals surface area contributed by atoms with E-state index in [2.05, 4.69) is 27.0 Å². The topological polar surface area (TPSA) is 75.2 Å². The molecule has 0 unspecified atom stereocenters. The second-order valence-electron chi connectivity index (χ2n) is 7.87. The fourth-order valence-corrected chi connectivity index (χ4v) is 4.46. The van der Waals surface area contributed by atoms with Crippen molar-refractivity contribution in [2.75, 3.05) is 11.4 Å². The lowest BCUT2D eigenvalue weighted by Gasteiger charge is -2.24. The normalized spacial score (nSPS) is 14.2. The van der Waals surface area contributed by atoms with Crippen molar-refractivity contribution in [1.29, 1.82) is 0 Å². The second kappa shape index (κ2) is 10.3. The van der Waals surface area contributed by atoms with Crippen LogP contribution in [0.3, 0.4) is 0 Å². The number of hydrogen-bond acceptors (Lipinski definition) is 5. The van der Waals surface area contributed by atoms with Crippen LogP contribution in [0.5, 0.6) is 0 Å². The molecule has 4 rings (SSSR count). The zero-order chi connectivity index (χ0) is 21.5. The standard InChI is InChI=1S/C24H26N4O2S/c29-23(25-15-18-7-3-1-4-8-18)16-28(24(30)22-17-31-27-26-22)21-13-11-20(12-14-21)19-9-5-2-6-10-19/h1,3-4,7-8,11-14,17,19H,2,5-6,9-10,15-16H2,(H,25,29). The quantitative estimate of drug-likeness (QED) is 0.592. The number of amides is 2. The van der Waals surface area contributed by atoms with Crippen LogP contribution in [0.15, 0.2) is 60.0 Å². The monoisotopic (exact) mass is 434 g/mol. The Balaban J connectivity index is 1.48. The summed E-state index contributed by atoms with van der Waals surface area (Å²) in [7, 11) is 0. The summed E-state index contributed by atoms with van der Waals surface area (Å²) >= 11 is 1.12. The van der Waals surface area contributed by atoms with Crippen molar-refractivity contribution in [2.45, 2.75) is 44.6 Å². The molecule has 2 aromatic carbocycles. The lowest BCUT2D eigenvalue weighted by atomic mass is 9.84. The van der Waals surface area contributed by atoms with Gasteiger partial charge in [0.1, 0.15) is 6.54 Å². The van der Waals surface area contributed by atoms with Gasteiger partial charge in [-0.05, 0) is 53.6 Å². The van der Waals surface area contributed by atoms with Crippen LogP contribution in [0, 0.1) is 0 Å². The van der Waals surface area contributed by atoms with Gasteiger partial charge in [-0.15, -0.1) is 5.10 Å². The molecule has 0 spiro atoms. The highest BCUT2D eigenvalue weighted by atomic mass is 32.1. The minimum Gasteiger partial charge on any atom is -0.350 e. The van der Waals surface area contributed by atoms with Crippen molar-refractivity contribution >= 4 is 29.0 Å². The van der Waals surface area contributed by atoms with E-state index in [1.165, 1.54) is 42.6 Å². The molecule has 160 valence electrons. The van der Waals surface area contributed by atoms with Gasteiger partial charge in [0.25, 0.3) is 5.91 Å². The van der Waals surface area contributed by atoms with Crippen LogP contribution in [-0.4, -0.2) is 27.9 Å². The number of nitrogens with one attached hydrogen (secondary N) is 1. The number of carbonyl (C=O) groups excluding carboxylic acids is 2. The third kappa shape index (κ3) is 5.55. The van der Waals surface area contributed by atoms with Gasteiger partial charge < -0.3 is 5.32 Å². The van der Waals surface area contributed by atoms with Gasteiger partial charge in [-0.25, -0.2) is 0 Å². The Kier molecular flexibility index (Phi) is 7.04. The summed E-state index contributed by atoms with van der Waals surface area (Å²) < 4.78 is 3.79. The predicted molar refractivity (Wildman–Crippen MR) is 122 cm³/mol. The smallest absolute Gasteiger partial charge is 0.280 e. The van der Waals surface area contributed by atoms with Gasteiger partial charge in [0, 0.05) is 17.6 Å². The molecule has 7 heteroatoms. The first-order chi connectivity index (χ1) is 15.2. The summed E-state index contributed by atoms with van der Waals surface area (Å²) in [5.74, 6) is 0.0367. The van der Waals surface area contributed by atoms with Gasteiger partial charge in [0.15, 0.2) is 5.69 Å². The van der Waals surface area contributed by atoms with Crippen LogP contribution >= 0.6 is 11.5 Å². The van der Waals surface area contributed by atoms with Gasteiger partial charge in [0.2, 0.25) is 5.91 Å². The number of hydrogen-bond donors (Lipinski definition) is 1. The highest BCUT2D eigenvalue weighted by molar-refractivity contribution is 7.03. The molecule has 6 nitrogen and oxygen atoms in total. The van der Waals surface area contributed by atoms with Crippen molar-refractivity contribution in [3.05, 3.63) is 76.8 Å². The van der Waals surface area contributed by atoms with E-state index in [4.69, 9.17) is 0 Å².